The Morgan fingerprint density at radius 2 is 1.74 bits per heavy atom. The molecule has 0 radical (unpaired) electrons. The van der Waals surface area contributed by atoms with E-state index in [1.54, 1.807) is 26.0 Å². The molecule has 1 heterocycles. The Labute approximate surface area is 238 Å². The molecule has 0 aromatic heterocycles. The van der Waals surface area contributed by atoms with Crippen molar-refractivity contribution in [2.45, 2.75) is 59.4 Å². The summed E-state index contributed by atoms with van der Waals surface area (Å²) in [7, 11) is 0. The Balaban J connectivity index is 0.00000533. The van der Waals surface area contributed by atoms with Gasteiger partial charge in [-0.05, 0) is 49.4 Å². The van der Waals surface area contributed by atoms with E-state index >= 15 is 4.39 Å². The number of ketones is 1. The Kier molecular flexibility index (Phi) is 10.7. The summed E-state index contributed by atoms with van der Waals surface area (Å²) >= 11 is 0. The highest BCUT2D eigenvalue weighted by atomic mass is 79.9. The number of nitrogens with zero attached hydrogens (tertiary/aromatic N) is 1. The molecular formula is C28H36BrFN2O7. The standard InChI is InChI=1S/C28H35FN2O7.BrH/c1-6-36-21-13-17-14-31(27(30)23(17)24(29)26(21)37-7-2)15-19(32)16-11-18(28(3,4)5)25(35)20(12-16)38-10-8-9-22(33)34;/h11-13,30,35H,6-10,14-15H2,1-5H3,(H,33,34);1H. The quantitative estimate of drug-likeness (QED) is 0.213. The van der Waals surface area contributed by atoms with Crippen molar-refractivity contribution in [1.29, 1.82) is 5.41 Å². The average Bonchev–Trinajstić information content (AvgIpc) is 3.14. The molecule has 2 aromatic rings. The maximum atomic E-state index is 15.4. The van der Waals surface area contributed by atoms with Crippen LogP contribution < -0.4 is 14.2 Å². The van der Waals surface area contributed by atoms with Crippen LogP contribution in [0.1, 0.15) is 74.5 Å². The van der Waals surface area contributed by atoms with E-state index in [0.717, 1.165) is 0 Å². The summed E-state index contributed by atoms with van der Waals surface area (Å²) in [4.78, 5) is 25.7. The van der Waals surface area contributed by atoms with Crippen molar-refractivity contribution in [2.24, 2.45) is 0 Å². The van der Waals surface area contributed by atoms with Crippen molar-refractivity contribution in [1.82, 2.24) is 4.90 Å². The van der Waals surface area contributed by atoms with Crippen LogP contribution in [0.15, 0.2) is 18.2 Å². The smallest absolute Gasteiger partial charge is 0.303 e. The van der Waals surface area contributed by atoms with Crippen LogP contribution in [0.4, 0.5) is 4.39 Å². The zero-order valence-corrected chi connectivity index (χ0v) is 24.6. The first-order valence-corrected chi connectivity index (χ1v) is 12.6. The van der Waals surface area contributed by atoms with Crippen LogP contribution in [0.5, 0.6) is 23.0 Å². The largest absolute Gasteiger partial charge is 0.504 e. The van der Waals surface area contributed by atoms with Crippen molar-refractivity contribution in [3.05, 3.63) is 46.3 Å². The third-order valence-corrected chi connectivity index (χ3v) is 6.10. The molecular weight excluding hydrogens is 575 g/mol. The second kappa shape index (κ2) is 13.1. The third kappa shape index (κ3) is 7.20. The zero-order valence-electron chi connectivity index (χ0n) is 22.9. The predicted molar refractivity (Wildman–Crippen MR) is 150 cm³/mol. The van der Waals surface area contributed by atoms with Gasteiger partial charge in [0.25, 0.3) is 0 Å². The number of nitrogens with one attached hydrogen (secondary N) is 1. The molecule has 214 valence electrons. The molecule has 0 atom stereocenters. The summed E-state index contributed by atoms with van der Waals surface area (Å²) in [5.41, 5.74) is 0.828. The van der Waals surface area contributed by atoms with Crippen molar-refractivity contribution in [3.63, 3.8) is 0 Å². The Hall–Kier alpha value is -3.34. The number of carboxylic acids is 1. The molecule has 0 aliphatic carbocycles. The lowest BCUT2D eigenvalue weighted by atomic mass is 9.84. The van der Waals surface area contributed by atoms with Gasteiger partial charge in [-0.25, -0.2) is 4.39 Å². The molecule has 39 heavy (non-hydrogen) atoms. The number of benzene rings is 2. The zero-order chi connectivity index (χ0) is 28.2. The topological polar surface area (TPSA) is 129 Å². The minimum absolute atomic E-state index is 0. The number of hydrogen-bond donors (Lipinski definition) is 3. The molecule has 0 bridgehead atoms. The SMILES string of the molecule is Br.CCOc1cc2c(c(F)c1OCC)C(=N)N(CC(=O)c1cc(OCCCC(=O)O)c(O)c(C(C)(C)C)c1)C2. The first kappa shape index (κ1) is 31.9. The van der Waals surface area contributed by atoms with Gasteiger partial charge in [0.1, 0.15) is 5.84 Å². The number of carbonyl (C=O) groups is 2. The number of carbonyl (C=O) groups excluding carboxylic acids is 1. The lowest BCUT2D eigenvalue weighted by Crippen LogP contribution is -2.30. The fourth-order valence-corrected chi connectivity index (χ4v) is 4.28. The molecule has 0 saturated carbocycles. The minimum atomic E-state index is -0.954. The number of carboxylic acid groups (broad SMARTS) is 1. The van der Waals surface area contributed by atoms with Crippen molar-refractivity contribution < 1.29 is 38.4 Å². The number of halogens is 2. The third-order valence-electron chi connectivity index (χ3n) is 6.10. The van der Waals surface area contributed by atoms with Gasteiger partial charge < -0.3 is 29.3 Å². The van der Waals surface area contributed by atoms with E-state index in [4.69, 9.17) is 24.7 Å². The second-order valence-electron chi connectivity index (χ2n) is 10.0. The van der Waals surface area contributed by atoms with Crippen LogP contribution in [0.25, 0.3) is 0 Å². The lowest BCUT2D eigenvalue weighted by Gasteiger charge is -2.24. The molecule has 0 saturated heterocycles. The van der Waals surface area contributed by atoms with Gasteiger partial charge >= 0.3 is 5.97 Å². The molecule has 9 nitrogen and oxygen atoms in total. The lowest BCUT2D eigenvalue weighted by molar-refractivity contribution is -0.137. The van der Waals surface area contributed by atoms with Gasteiger partial charge in [-0.15, -0.1) is 17.0 Å². The van der Waals surface area contributed by atoms with E-state index in [-0.39, 0.29) is 102 Å². The molecule has 0 amide bonds. The highest BCUT2D eigenvalue weighted by molar-refractivity contribution is 8.93. The summed E-state index contributed by atoms with van der Waals surface area (Å²) in [6.07, 6.45) is 0.149. The van der Waals surface area contributed by atoms with E-state index in [9.17, 15) is 14.7 Å². The normalized spacial score (nSPS) is 12.6. The predicted octanol–water partition coefficient (Wildman–Crippen LogP) is 5.47. The summed E-state index contributed by atoms with van der Waals surface area (Å²) in [5.74, 6) is -1.95. The number of aromatic hydroxyl groups is 1. The fourth-order valence-electron chi connectivity index (χ4n) is 4.28. The van der Waals surface area contributed by atoms with Gasteiger partial charge in [0.05, 0.1) is 31.9 Å². The fraction of sp³-hybridized carbons (Fsp3) is 0.464. The summed E-state index contributed by atoms with van der Waals surface area (Å²) in [5, 5.41) is 28.2. The van der Waals surface area contributed by atoms with Crippen LogP contribution in [0.2, 0.25) is 0 Å². The van der Waals surface area contributed by atoms with Gasteiger partial charge in [0, 0.05) is 24.1 Å². The van der Waals surface area contributed by atoms with Gasteiger partial charge in [-0.1, -0.05) is 20.8 Å². The Morgan fingerprint density at radius 3 is 2.33 bits per heavy atom. The van der Waals surface area contributed by atoms with E-state index in [2.05, 4.69) is 0 Å². The van der Waals surface area contributed by atoms with Crippen molar-refractivity contribution in [2.75, 3.05) is 26.4 Å². The highest BCUT2D eigenvalue weighted by Crippen LogP contribution is 2.41. The summed E-state index contributed by atoms with van der Waals surface area (Å²) in [6.45, 7) is 9.69. The molecule has 2 aromatic carbocycles. The summed E-state index contributed by atoms with van der Waals surface area (Å²) in [6, 6.07) is 4.66. The van der Waals surface area contributed by atoms with Gasteiger partial charge in [-0.3, -0.25) is 15.0 Å². The maximum absolute atomic E-state index is 15.4. The molecule has 3 rings (SSSR count). The average molecular weight is 612 g/mol. The van der Waals surface area contributed by atoms with Gasteiger partial charge in [-0.2, -0.15) is 0 Å². The molecule has 0 fully saturated rings. The van der Waals surface area contributed by atoms with Crippen LogP contribution >= 0.6 is 17.0 Å². The first-order valence-electron chi connectivity index (χ1n) is 12.6. The number of fused-ring (bicyclic) bond motifs is 1. The molecule has 3 N–H and O–H groups in total. The molecule has 0 unspecified atom stereocenters. The number of aliphatic carboxylic acids is 1. The van der Waals surface area contributed by atoms with Crippen LogP contribution in [0, 0.1) is 11.2 Å². The molecule has 1 aliphatic heterocycles. The van der Waals surface area contributed by atoms with Crippen LogP contribution in [-0.4, -0.2) is 59.1 Å². The Morgan fingerprint density at radius 1 is 1.08 bits per heavy atom. The number of rotatable bonds is 12. The van der Waals surface area contributed by atoms with E-state index < -0.39 is 17.2 Å². The maximum Gasteiger partial charge on any atom is 0.303 e. The van der Waals surface area contributed by atoms with E-state index in [0.29, 0.717) is 17.7 Å². The van der Waals surface area contributed by atoms with Crippen molar-refractivity contribution >= 4 is 34.6 Å². The van der Waals surface area contributed by atoms with Gasteiger partial charge in [0.2, 0.25) is 0 Å². The summed E-state index contributed by atoms with van der Waals surface area (Å²) < 4.78 is 32.0. The van der Waals surface area contributed by atoms with Crippen molar-refractivity contribution in [3.8, 4) is 23.0 Å². The van der Waals surface area contributed by atoms with Crippen LogP contribution in [-0.2, 0) is 16.8 Å². The number of Topliss-reactive ketones (excluding diaryl/α,β-unsaturated/α-hetero) is 1. The molecule has 11 heteroatoms. The highest BCUT2D eigenvalue weighted by Gasteiger charge is 2.33. The van der Waals surface area contributed by atoms with Crippen LogP contribution in [0.3, 0.4) is 0 Å². The monoisotopic (exact) mass is 610 g/mol. The number of ether oxygens (including phenoxy) is 3. The number of phenolic OH excluding ortho intramolecular Hbond substituents is 1. The number of phenols is 1. The number of hydrogen-bond acceptors (Lipinski definition) is 7. The number of amidine groups is 1. The first-order chi connectivity index (χ1) is 17.9. The minimum Gasteiger partial charge on any atom is -0.504 e. The molecule has 1 aliphatic rings. The van der Waals surface area contributed by atoms with E-state index in [1.807, 2.05) is 20.8 Å². The molecule has 0 spiro atoms. The van der Waals surface area contributed by atoms with E-state index in [1.165, 1.54) is 11.0 Å². The second-order valence-corrected chi connectivity index (χ2v) is 10.0. The Bertz CT molecular complexity index is 1240. The van der Waals surface area contributed by atoms with Gasteiger partial charge in [0.15, 0.2) is 34.6 Å².